The van der Waals surface area contributed by atoms with Gasteiger partial charge in [0.25, 0.3) is 5.91 Å². The van der Waals surface area contributed by atoms with E-state index in [0.29, 0.717) is 30.8 Å². The van der Waals surface area contributed by atoms with Crippen molar-refractivity contribution in [2.24, 2.45) is 0 Å². The first-order valence-electron chi connectivity index (χ1n) is 10.5. The molecule has 1 N–H and O–H groups in total. The van der Waals surface area contributed by atoms with Crippen LogP contribution in [-0.2, 0) is 10.0 Å². The molecule has 1 saturated carbocycles. The number of nitrogens with zero attached hydrogens (tertiary/aromatic N) is 3. The molecule has 2 aromatic carbocycles. The Bertz CT molecular complexity index is 1120. The fourth-order valence-electron chi connectivity index (χ4n) is 3.78. The summed E-state index contributed by atoms with van der Waals surface area (Å²) in [6.07, 6.45) is 2.53. The molecule has 31 heavy (non-hydrogen) atoms. The standard InChI is InChI=1S/C23H26N4O3S/c1-17-3-10-21(31(29,30)25-19-6-7-19)15-22(17)23(28)27-12-2-11-26(13-14-27)20-8-4-18(16-24)5-9-20/h3-5,8-10,15,19,25H,2,6-7,11-14H2,1H3. The van der Waals surface area contributed by atoms with Crippen molar-refractivity contribution in [1.29, 1.82) is 5.26 Å². The lowest BCUT2D eigenvalue weighted by Gasteiger charge is -2.24. The third-order valence-electron chi connectivity index (χ3n) is 5.79. The van der Waals surface area contributed by atoms with Crippen molar-refractivity contribution < 1.29 is 13.2 Å². The number of rotatable bonds is 5. The molecule has 0 radical (unpaired) electrons. The van der Waals surface area contributed by atoms with Crippen LogP contribution in [0, 0.1) is 18.3 Å². The maximum absolute atomic E-state index is 13.3. The van der Waals surface area contributed by atoms with Gasteiger partial charge in [0.2, 0.25) is 10.0 Å². The predicted octanol–water partition coefficient (Wildman–Crippen LogP) is 2.66. The number of hydrogen-bond donors (Lipinski definition) is 1. The molecule has 8 heteroatoms. The number of nitriles is 1. The summed E-state index contributed by atoms with van der Waals surface area (Å²) < 4.78 is 27.8. The highest BCUT2D eigenvalue weighted by molar-refractivity contribution is 7.89. The number of sulfonamides is 1. The van der Waals surface area contributed by atoms with Crippen LogP contribution in [0.15, 0.2) is 47.4 Å². The molecule has 1 aliphatic heterocycles. The molecule has 7 nitrogen and oxygen atoms in total. The van der Waals surface area contributed by atoms with Gasteiger partial charge in [-0.05, 0) is 68.1 Å². The first-order chi connectivity index (χ1) is 14.9. The highest BCUT2D eigenvalue weighted by Gasteiger charge is 2.29. The van der Waals surface area contributed by atoms with E-state index in [-0.39, 0.29) is 16.8 Å². The molecule has 2 aliphatic rings. The van der Waals surface area contributed by atoms with Crippen molar-refractivity contribution in [2.75, 3.05) is 31.1 Å². The topological polar surface area (TPSA) is 93.5 Å². The lowest BCUT2D eigenvalue weighted by Crippen LogP contribution is -2.35. The van der Waals surface area contributed by atoms with E-state index < -0.39 is 10.0 Å². The Kier molecular flexibility index (Phi) is 5.99. The molecule has 4 rings (SSSR count). The van der Waals surface area contributed by atoms with E-state index in [2.05, 4.69) is 15.7 Å². The second-order valence-electron chi connectivity index (χ2n) is 8.16. The van der Waals surface area contributed by atoms with Gasteiger partial charge in [-0.1, -0.05) is 6.07 Å². The van der Waals surface area contributed by atoms with Gasteiger partial charge in [0.15, 0.2) is 0 Å². The second-order valence-corrected chi connectivity index (χ2v) is 9.88. The van der Waals surface area contributed by atoms with Crippen LogP contribution in [0.5, 0.6) is 0 Å². The fraction of sp³-hybridized carbons (Fsp3) is 0.391. The van der Waals surface area contributed by atoms with E-state index in [9.17, 15) is 13.2 Å². The lowest BCUT2D eigenvalue weighted by molar-refractivity contribution is 0.0766. The number of amides is 1. The van der Waals surface area contributed by atoms with E-state index >= 15 is 0 Å². The number of aryl methyl sites for hydroxylation is 1. The summed E-state index contributed by atoms with van der Waals surface area (Å²) in [7, 11) is -3.61. The monoisotopic (exact) mass is 438 g/mol. The molecule has 162 valence electrons. The average Bonchev–Trinajstić information content (AvgIpc) is 3.60. The zero-order valence-corrected chi connectivity index (χ0v) is 18.4. The van der Waals surface area contributed by atoms with Crippen LogP contribution < -0.4 is 9.62 Å². The van der Waals surface area contributed by atoms with Gasteiger partial charge in [0.1, 0.15) is 0 Å². The molecular weight excluding hydrogens is 412 g/mol. The Balaban J connectivity index is 1.49. The van der Waals surface area contributed by atoms with Gasteiger partial charge in [0.05, 0.1) is 16.5 Å². The number of anilines is 1. The number of hydrogen-bond acceptors (Lipinski definition) is 5. The molecule has 0 spiro atoms. The molecule has 1 aliphatic carbocycles. The van der Waals surface area contributed by atoms with Crippen LogP contribution in [0.4, 0.5) is 5.69 Å². The molecule has 0 atom stereocenters. The summed E-state index contributed by atoms with van der Waals surface area (Å²) in [5.41, 5.74) is 2.86. The van der Waals surface area contributed by atoms with Crippen LogP contribution in [0.2, 0.25) is 0 Å². The van der Waals surface area contributed by atoms with Gasteiger partial charge >= 0.3 is 0 Å². The van der Waals surface area contributed by atoms with Crippen molar-refractivity contribution in [1.82, 2.24) is 9.62 Å². The van der Waals surface area contributed by atoms with Crippen LogP contribution in [0.1, 0.15) is 40.7 Å². The molecule has 0 aromatic heterocycles. The number of nitrogens with one attached hydrogen (secondary N) is 1. The zero-order chi connectivity index (χ0) is 22.0. The second kappa shape index (κ2) is 8.69. The summed E-state index contributed by atoms with van der Waals surface area (Å²) in [6, 6.07) is 14.4. The van der Waals surface area contributed by atoms with Crippen molar-refractivity contribution in [3.8, 4) is 6.07 Å². The Morgan fingerprint density at radius 3 is 2.48 bits per heavy atom. The summed E-state index contributed by atoms with van der Waals surface area (Å²) in [6.45, 7) is 4.49. The molecule has 0 bridgehead atoms. The van der Waals surface area contributed by atoms with Gasteiger partial charge in [-0.15, -0.1) is 0 Å². The summed E-state index contributed by atoms with van der Waals surface area (Å²) >= 11 is 0. The Morgan fingerprint density at radius 1 is 1.06 bits per heavy atom. The Hall–Kier alpha value is -2.89. The highest BCUT2D eigenvalue weighted by atomic mass is 32.2. The molecule has 1 saturated heterocycles. The number of carbonyl (C=O) groups is 1. The maximum atomic E-state index is 13.3. The van der Waals surface area contributed by atoms with E-state index in [0.717, 1.165) is 37.1 Å². The van der Waals surface area contributed by atoms with E-state index in [1.165, 1.54) is 6.07 Å². The van der Waals surface area contributed by atoms with Crippen molar-refractivity contribution in [2.45, 2.75) is 37.1 Å². The van der Waals surface area contributed by atoms with Crippen LogP contribution in [0.25, 0.3) is 0 Å². The van der Waals surface area contributed by atoms with Crippen LogP contribution >= 0.6 is 0 Å². The number of carbonyl (C=O) groups excluding carboxylic acids is 1. The van der Waals surface area contributed by atoms with Crippen LogP contribution in [0.3, 0.4) is 0 Å². The normalized spacial score (nSPS) is 17.2. The van der Waals surface area contributed by atoms with Crippen molar-refractivity contribution >= 4 is 21.6 Å². The molecule has 2 aromatic rings. The largest absolute Gasteiger partial charge is 0.370 e. The minimum Gasteiger partial charge on any atom is -0.370 e. The van der Waals surface area contributed by atoms with E-state index in [1.54, 1.807) is 29.2 Å². The quantitative estimate of drug-likeness (QED) is 0.775. The highest BCUT2D eigenvalue weighted by Crippen LogP contribution is 2.24. The van der Waals surface area contributed by atoms with E-state index in [1.807, 2.05) is 19.1 Å². The van der Waals surface area contributed by atoms with Gasteiger partial charge in [0, 0.05) is 43.5 Å². The van der Waals surface area contributed by atoms with Gasteiger partial charge in [-0.3, -0.25) is 4.79 Å². The SMILES string of the molecule is Cc1ccc(S(=O)(=O)NC2CC2)cc1C(=O)N1CCCN(c2ccc(C#N)cc2)CC1. The molecule has 0 unspecified atom stereocenters. The minimum atomic E-state index is -3.61. The molecule has 1 heterocycles. The predicted molar refractivity (Wildman–Crippen MR) is 118 cm³/mol. The molecule has 1 amide bonds. The Labute approximate surface area is 183 Å². The third-order valence-corrected chi connectivity index (χ3v) is 7.31. The van der Waals surface area contributed by atoms with E-state index in [4.69, 9.17) is 5.26 Å². The van der Waals surface area contributed by atoms with Gasteiger partial charge in [-0.25, -0.2) is 13.1 Å². The van der Waals surface area contributed by atoms with Crippen molar-refractivity contribution in [3.63, 3.8) is 0 Å². The first-order valence-corrected chi connectivity index (χ1v) is 12.0. The van der Waals surface area contributed by atoms with Gasteiger partial charge in [-0.2, -0.15) is 5.26 Å². The molecule has 2 fully saturated rings. The number of benzene rings is 2. The molecular formula is C23H26N4O3S. The Morgan fingerprint density at radius 2 is 1.81 bits per heavy atom. The minimum absolute atomic E-state index is 0.0178. The zero-order valence-electron chi connectivity index (χ0n) is 17.5. The first kappa shape index (κ1) is 21.3. The third kappa shape index (κ3) is 4.89. The maximum Gasteiger partial charge on any atom is 0.254 e. The average molecular weight is 439 g/mol. The fourth-order valence-corrected chi connectivity index (χ4v) is 5.11. The summed E-state index contributed by atoms with van der Waals surface area (Å²) in [5, 5.41) is 8.98. The smallest absolute Gasteiger partial charge is 0.254 e. The summed E-state index contributed by atoms with van der Waals surface area (Å²) in [5.74, 6) is -0.136. The lowest BCUT2D eigenvalue weighted by atomic mass is 10.1. The summed E-state index contributed by atoms with van der Waals surface area (Å²) in [4.78, 5) is 17.4. The van der Waals surface area contributed by atoms with Crippen LogP contribution in [-0.4, -0.2) is 51.4 Å². The van der Waals surface area contributed by atoms with Gasteiger partial charge < -0.3 is 9.80 Å². The van der Waals surface area contributed by atoms with Crippen molar-refractivity contribution in [3.05, 3.63) is 59.2 Å².